The molecule has 6 aliphatic rings. The zero-order chi connectivity index (χ0) is 57.3. The van der Waals surface area contributed by atoms with Crippen LogP contribution in [0, 0.1) is 5.41 Å². The third kappa shape index (κ3) is 13.8. The normalized spacial score (nSPS) is 20.6. The zero-order valence-corrected chi connectivity index (χ0v) is 48.3. The largest absolute Gasteiger partial charge is 0.501 e. The number of thioether (sulfide) groups is 1. The number of fused-ring (bicyclic) bond motifs is 2. The van der Waals surface area contributed by atoms with Gasteiger partial charge < -0.3 is 15.1 Å². The van der Waals surface area contributed by atoms with Gasteiger partial charge in [-0.3, -0.25) is 29.6 Å². The smallest absolute Gasteiger partial charge is 0.380 e. The Bertz CT molecular complexity index is 3370. The highest BCUT2D eigenvalue weighted by Gasteiger charge is 2.49. The summed E-state index contributed by atoms with van der Waals surface area (Å²) in [6, 6.07) is 33.5. The van der Waals surface area contributed by atoms with E-state index in [-0.39, 0.29) is 35.4 Å². The molecule has 1 aliphatic carbocycles. The molecule has 5 aliphatic heterocycles. The van der Waals surface area contributed by atoms with Crippen LogP contribution in [0.1, 0.15) is 73.9 Å². The summed E-state index contributed by atoms with van der Waals surface area (Å²) in [5, 5.41) is 6.12. The lowest BCUT2D eigenvalue weighted by atomic mass is 9.73. The van der Waals surface area contributed by atoms with E-state index in [1.165, 1.54) is 45.5 Å². The van der Waals surface area contributed by atoms with Gasteiger partial charge in [0.15, 0.2) is 0 Å². The first-order chi connectivity index (χ1) is 38.6. The van der Waals surface area contributed by atoms with Crippen LogP contribution in [0.4, 0.5) is 35.0 Å². The predicted octanol–water partition coefficient (Wildman–Crippen LogP) is 9.91. The predicted molar refractivity (Wildman–Crippen MR) is 311 cm³/mol. The van der Waals surface area contributed by atoms with Crippen LogP contribution in [0.5, 0.6) is 0 Å². The number of piperidine rings is 1. The number of hydrogen-bond acceptors (Lipinski definition) is 13. The molecule has 5 aromatic rings. The van der Waals surface area contributed by atoms with Crippen molar-refractivity contribution in [2.45, 2.75) is 97.2 Å². The number of sulfone groups is 1. The zero-order valence-electron chi connectivity index (χ0n) is 45.1. The molecule has 5 aromatic carbocycles. The second kappa shape index (κ2) is 24.1. The number of carbonyl (C=O) groups is 3. The van der Waals surface area contributed by atoms with Gasteiger partial charge in [0, 0.05) is 123 Å². The first kappa shape index (κ1) is 58.3. The van der Waals surface area contributed by atoms with E-state index in [1.807, 2.05) is 71.5 Å². The summed E-state index contributed by atoms with van der Waals surface area (Å²) in [7, 11) is -11.0. The maximum atomic E-state index is 14.5. The molecular formula is C59H66ClF3N8O7S3. The molecule has 5 saturated heterocycles. The molecule has 430 valence electrons. The van der Waals surface area contributed by atoms with Crippen molar-refractivity contribution in [2.75, 3.05) is 79.8 Å². The molecule has 3 N–H and O–H groups in total. The maximum absolute atomic E-state index is 14.5. The molecule has 4 amide bonds. The minimum absolute atomic E-state index is 0.0155. The van der Waals surface area contributed by atoms with Crippen molar-refractivity contribution in [2.24, 2.45) is 5.41 Å². The molecule has 0 saturated carbocycles. The van der Waals surface area contributed by atoms with Gasteiger partial charge in [-0.2, -0.15) is 13.2 Å². The third-order valence-electron chi connectivity index (χ3n) is 16.2. The van der Waals surface area contributed by atoms with E-state index in [9.17, 15) is 44.4 Å². The van der Waals surface area contributed by atoms with Crippen LogP contribution < -0.4 is 25.2 Å². The number of benzene rings is 5. The average Bonchev–Trinajstić information content (AvgIpc) is 3.59. The van der Waals surface area contributed by atoms with Crippen LogP contribution in [0.25, 0.3) is 5.57 Å². The number of alkyl halides is 3. The molecule has 5 fully saturated rings. The van der Waals surface area contributed by atoms with Crippen molar-refractivity contribution < 1.29 is 44.4 Å². The Kier molecular flexibility index (Phi) is 17.3. The number of carbonyl (C=O) groups excluding carboxylic acids is 3. The fourth-order valence-electron chi connectivity index (χ4n) is 11.7. The number of hydrogen-bond donors (Lipinski definition) is 3. The van der Waals surface area contributed by atoms with E-state index in [2.05, 4.69) is 56.2 Å². The highest BCUT2D eigenvalue weighted by atomic mass is 35.5. The molecule has 22 heteroatoms. The van der Waals surface area contributed by atoms with Crippen LogP contribution in [0.3, 0.4) is 0 Å². The average molecular weight is 1190 g/mol. The number of rotatable bonds is 19. The van der Waals surface area contributed by atoms with Gasteiger partial charge in [0.2, 0.25) is 5.91 Å². The Balaban J connectivity index is 0.776. The van der Waals surface area contributed by atoms with Crippen molar-refractivity contribution in [1.29, 1.82) is 0 Å². The molecule has 3 atom stereocenters. The summed E-state index contributed by atoms with van der Waals surface area (Å²) in [5.41, 5.74) is 0.645. The Morgan fingerprint density at radius 1 is 0.802 bits per heavy atom. The minimum Gasteiger partial charge on any atom is -0.380 e. The van der Waals surface area contributed by atoms with E-state index in [4.69, 9.17) is 11.6 Å². The van der Waals surface area contributed by atoms with Gasteiger partial charge in [0.25, 0.3) is 25.8 Å². The molecule has 0 aromatic heterocycles. The topological polar surface area (TPSA) is 172 Å². The van der Waals surface area contributed by atoms with Crippen molar-refractivity contribution in [3.63, 3.8) is 0 Å². The van der Waals surface area contributed by atoms with Gasteiger partial charge in [-0.15, -0.1) is 11.8 Å². The quantitative estimate of drug-likeness (QED) is 0.0668. The number of halogens is 4. The lowest BCUT2D eigenvalue weighted by Crippen LogP contribution is -2.68. The number of imide groups is 1. The lowest BCUT2D eigenvalue weighted by molar-refractivity contribution is -0.120. The molecule has 0 spiro atoms. The fraction of sp³-hybridized carbons (Fsp3) is 0.407. The van der Waals surface area contributed by atoms with Crippen molar-refractivity contribution in [3.8, 4) is 0 Å². The number of piperazine rings is 2. The van der Waals surface area contributed by atoms with Crippen LogP contribution in [-0.4, -0.2) is 138 Å². The van der Waals surface area contributed by atoms with E-state index >= 15 is 0 Å². The number of anilines is 3. The standard InChI is InChI=1S/C59H66ClF3N8O7S3/c1-58(2)25-22-52(41-10-14-44(60)15-11-41)43(34-58)36-67-28-30-69(31-29-67)46-18-12-42(13-19-46)56(73)66-81(77,78)51-20-21-53(54(33-51)80(75,76)59(61,62)63)64-45(39-79-50-6-4-3-5-7-50)23-26-68-37-48-32-49(38-68)71(48)35-40-8-16-47(17-9-40)70-27-24-55(72)65-57(70)74/h3-21,33,45,48-49,64H,22-32,34-39H2,1-2H3,(H,66,73)(H,65,72,74)/t45-,48?,49?/m1/s1. The Morgan fingerprint density at radius 3 is 2.15 bits per heavy atom. The molecule has 81 heavy (non-hydrogen) atoms. The Labute approximate surface area is 481 Å². The van der Waals surface area contributed by atoms with Crippen molar-refractivity contribution in [1.82, 2.24) is 24.7 Å². The molecular weight excluding hydrogens is 1120 g/mol. The molecule has 0 radical (unpaired) electrons. The second-order valence-corrected chi connectivity index (χ2v) is 27.6. The van der Waals surface area contributed by atoms with Gasteiger partial charge >= 0.3 is 11.5 Å². The number of nitrogens with one attached hydrogen (secondary N) is 3. The summed E-state index contributed by atoms with van der Waals surface area (Å²) in [4.78, 5) is 47.2. The fourth-order valence-corrected chi connectivity index (χ4v) is 14.8. The molecule has 5 heterocycles. The van der Waals surface area contributed by atoms with E-state index in [1.54, 1.807) is 12.1 Å². The highest BCUT2D eigenvalue weighted by molar-refractivity contribution is 7.99. The molecule has 11 rings (SSSR count). The SMILES string of the molecule is CC1(C)CCC(c2ccc(Cl)cc2)=C(CN2CCN(c3ccc(C(=O)NS(=O)(=O)c4ccc(N[C@H](CCN5CC6CC(C5)N6Cc5ccc(N6CCC(=O)NC6=O)cc5)CSc5ccccc5)c(S(=O)(=O)C(F)(F)F)c4)cc3)CC2)C1. The first-order valence-electron chi connectivity index (χ1n) is 27.3. The lowest BCUT2D eigenvalue weighted by Gasteiger charge is -2.56. The third-order valence-corrected chi connectivity index (χ3v) is 20.4. The number of nitrogens with zero attached hydrogens (tertiary/aromatic N) is 5. The van der Waals surface area contributed by atoms with E-state index in [0.29, 0.717) is 48.6 Å². The number of urea groups is 1. The number of amides is 4. The minimum atomic E-state index is -6.12. The van der Waals surface area contributed by atoms with Crippen LogP contribution in [0.2, 0.25) is 5.02 Å². The molecule has 2 bridgehead atoms. The second-order valence-electron chi connectivity index (χ2n) is 22.4. The number of allylic oxidation sites excluding steroid dienone is 1. The van der Waals surface area contributed by atoms with Gasteiger partial charge in [0.05, 0.1) is 10.6 Å². The molecule has 15 nitrogen and oxygen atoms in total. The summed E-state index contributed by atoms with van der Waals surface area (Å²) in [6.07, 6.45) is 4.78. The van der Waals surface area contributed by atoms with Crippen molar-refractivity contribution >= 4 is 83.7 Å². The summed E-state index contributed by atoms with van der Waals surface area (Å²) in [5.74, 6) is -0.997. The maximum Gasteiger partial charge on any atom is 0.501 e. The van der Waals surface area contributed by atoms with E-state index in [0.717, 1.165) is 99.8 Å². The monoisotopic (exact) mass is 1190 g/mol. The Hall–Kier alpha value is -5.94. The first-order valence-corrected chi connectivity index (χ1v) is 31.6. The van der Waals surface area contributed by atoms with Gasteiger partial charge in [-0.25, -0.2) is 26.4 Å². The van der Waals surface area contributed by atoms with Crippen LogP contribution in [-0.2, 0) is 31.2 Å². The van der Waals surface area contributed by atoms with Gasteiger partial charge in [-0.1, -0.05) is 73.5 Å². The summed E-state index contributed by atoms with van der Waals surface area (Å²) >= 11 is 7.66. The summed E-state index contributed by atoms with van der Waals surface area (Å²) in [6.45, 7) is 11.6. The van der Waals surface area contributed by atoms with Crippen LogP contribution in [0.15, 0.2) is 142 Å². The van der Waals surface area contributed by atoms with Gasteiger partial charge in [0.1, 0.15) is 4.90 Å². The molecule has 2 unspecified atom stereocenters. The van der Waals surface area contributed by atoms with Crippen molar-refractivity contribution in [3.05, 3.63) is 149 Å². The Morgan fingerprint density at radius 2 is 1.48 bits per heavy atom. The van der Waals surface area contributed by atoms with E-state index < -0.39 is 58.8 Å². The van der Waals surface area contributed by atoms with Gasteiger partial charge in [-0.05, 0) is 133 Å². The summed E-state index contributed by atoms with van der Waals surface area (Å²) < 4.78 is 99.7. The highest BCUT2D eigenvalue weighted by Crippen LogP contribution is 2.43. The van der Waals surface area contributed by atoms with Crippen LogP contribution >= 0.6 is 23.4 Å². The number of sulfonamides is 1.